The first kappa shape index (κ1) is 15.2. The summed E-state index contributed by atoms with van der Waals surface area (Å²) in [6.07, 6.45) is 4.73. The zero-order valence-electron chi connectivity index (χ0n) is 12.4. The van der Waals surface area contributed by atoms with Crippen LogP contribution in [0.2, 0.25) is 0 Å². The number of ether oxygens (including phenoxy) is 1. The highest BCUT2D eigenvalue weighted by molar-refractivity contribution is 5.87. The maximum Gasteiger partial charge on any atom is 0.328 e. The predicted octanol–water partition coefficient (Wildman–Crippen LogP) is 0.467. The van der Waals surface area contributed by atoms with Crippen molar-refractivity contribution in [3.8, 4) is 0 Å². The minimum atomic E-state index is -0.456. The van der Waals surface area contributed by atoms with Gasteiger partial charge in [-0.15, -0.1) is 0 Å². The molecule has 114 valence electrons. The van der Waals surface area contributed by atoms with Crippen LogP contribution in [-0.2, 0) is 14.3 Å². The Morgan fingerprint density at radius 3 is 2.81 bits per heavy atom. The van der Waals surface area contributed by atoms with E-state index in [0.29, 0.717) is 25.5 Å². The van der Waals surface area contributed by atoms with Gasteiger partial charge >= 0.3 is 5.97 Å². The average molecular weight is 292 g/mol. The standard InChI is InChI=1S/C14H20N4O3/c1-3-21-13(20)11-6-4-9-18(11)12(19)10-17(2)14-15-7-5-8-16-14/h5,7-8,11H,3-4,6,9-10H2,1-2H3. The maximum absolute atomic E-state index is 12.4. The number of hydrogen-bond donors (Lipinski definition) is 0. The smallest absolute Gasteiger partial charge is 0.328 e. The lowest BCUT2D eigenvalue weighted by Gasteiger charge is -2.25. The molecule has 7 heteroatoms. The number of likely N-dealkylation sites (tertiary alicyclic amines) is 1. The average Bonchev–Trinajstić information content (AvgIpc) is 2.98. The van der Waals surface area contributed by atoms with Crippen molar-refractivity contribution < 1.29 is 14.3 Å². The summed E-state index contributed by atoms with van der Waals surface area (Å²) in [5, 5.41) is 0. The van der Waals surface area contributed by atoms with Crippen LogP contribution in [0.4, 0.5) is 5.95 Å². The van der Waals surface area contributed by atoms with E-state index in [2.05, 4.69) is 9.97 Å². The van der Waals surface area contributed by atoms with Gasteiger partial charge in [0.05, 0.1) is 13.2 Å². The van der Waals surface area contributed by atoms with Gasteiger partial charge in [0.25, 0.3) is 0 Å². The highest BCUT2D eigenvalue weighted by Gasteiger charge is 2.35. The van der Waals surface area contributed by atoms with Crippen LogP contribution in [0, 0.1) is 0 Å². The number of rotatable bonds is 5. The summed E-state index contributed by atoms with van der Waals surface area (Å²) in [6.45, 7) is 2.82. The topological polar surface area (TPSA) is 75.6 Å². The van der Waals surface area contributed by atoms with E-state index in [1.54, 1.807) is 42.2 Å². The van der Waals surface area contributed by atoms with Gasteiger partial charge in [0, 0.05) is 26.0 Å². The molecular formula is C14H20N4O3. The third-order valence-electron chi connectivity index (χ3n) is 3.40. The number of carbonyl (C=O) groups excluding carboxylic acids is 2. The van der Waals surface area contributed by atoms with Crippen molar-refractivity contribution in [2.45, 2.75) is 25.8 Å². The molecule has 1 aliphatic rings. The second kappa shape index (κ2) is 7.01. The van der Waals surface area contributed by atoms with Crippen molar-refractivity contribution in [2.75, 3.05) is 31.6 Å². The van der Waals surface area contributed by atoms with Gasteiger partial charge in [0.15, 0.2) is 0 Å². The molecule has 1 aliphatic heterocycles. The molecule has 0 spiro atoms. The van der Waals surface area contributed by atoms with Crippen LogP contribution in [0.5, 0.6) is 0 Å². The highest BCUT2D eigenvalue weighted by Crippen LogP contribution is 2.19. The molecule has 1 fully saturated rings. The molecule has 0 aromatic carbocycles. The molecule has 1 atom stereocenters. The van der Waals surface area contributed by atoms with E-state index >= 15 is 0 Å². The summed E-state index contributed by atoms with van der Waals surface area (Å²) in [4.78, 5) is 35.7. The molecule has 21 heavy (non-hydrogen) atoms. The van der Waals surface area contributed by atoms with Crippen molar-refractivity contribution >= 4 is 17.8 Å². The fourth-order valence-corrected chi connectivity index (χ4v) is 2.40. The number of likely N-dealkylation sites (N-methyl/N-ethyl adjacent to an activating group) is 1. The molecule has 1 saturated heterocycles. The summed E-state index contributed by atoms with van der Waals surface area (Å²) in [5.41, 5.74) is 0. The second-order valence-electron chi connectivity index (χ2n) is 4.90. The third kappa shape index (κ3) is 3.68. The van der Waals surface area contributed by atoms with Gasteiger partial charge < -0.3 is 14.5 Å². The molecule has 0 bridgehead atoms. The first-order valence-electron chi connectivity index (χ1n) is 7.07. The van der Waals surface area contributed by atoms with Gasteiger partial charge in [-0.05, 0) is 25.8 Å². The number of hydrogen-bond acceptors (Lipinski definition) is 6. The van der Waals surface area contributed by atoms with E-state index in [0.717, 1.165) is 6.42 Å². The van der Waals surface area contributed by atoms with Crippen molar-refractivity contribution in [1.29, 1.82) is 0 Å². The molecule has 0 radical (unpaired) electrons. The first-order chi connectivity index (χ1) is 10.1. The highest BCUT2D eigenvalue weighted by atomic mass is 16.5. The molecule has 2 heterocycles. The van der Waals surface area contributed by atoms with E-state index < -0.39 is 6.04 Å². The number of carbonyl (C=O) groups is 2. The summed E-state index contributed by atoms with van der Waals surface area (Å²) in [5.74, 6) is 0.0557. The normalized spacial score (nSPS) is 17.6. The van der Waals surface area contributed by atoms with Crippen LogP contribution >= 0.6 is 0 Å². The summed E-state index contributed by atoms with van der Waals surface area (Å²) >= 11 is 0. The number of amides is 1. The minimum Gasteiger partial charge on any atom is -0.464 e. The molecule has 1 amide bonds. The van der Waals surface area contributed by atoms with Crippen LogP contribution in [0.3, 0.4) is 0 Å². The van der Waals surface area contributed by atoms with Crippen LogP contribution in [0.1, 0.15) is 19.8 Å². The molecule has 1 aromatic rings. The van der Waals surface area contributed by atoms with Gasteiger partial charge in [-0.1, -0.05) is 0 Å². The molecule has 0 aliphatic carbocycles. The molecule has 2 rings (SSSR count). The lowest BCUT2D eigenvalue weighted by molar-refractivity contribution is -0.152. The molecule has 7 nitrogen and oxygen atoms in total. The minimum absolute atomic E-state index is 0.111. The van der Waals surface area contributed by atoms with Crippen molar-refractivity contribution in [2.24, 2.45) is 0 Å². The number of anilines is 1. The summed E-state index contributed by atoms with van der Waals surface area (Å²) in [7, 11) is 1.75. The van der Waals surface area contributed by atoms with E-state index in [1.165, 1.54) is 0 Å². The van der Waals surface area contributed by atoms with E-state index in [4.69, 9.17) is 4.74 Å². The fourth-order valence-electron chi connectivity index (χ4n) is 2.40. The lowest BCUT2D eigenvalue weighted by atomic mass is 10.2. The number of nitrogens with zero attached hydrogens (tertiary/aromatic N) is 4. The van der Waals surface area contributed by atoms with Crippen LogP contribution < -0.4 is 4.90 Å². The Hall–Kier alpha value is -2.18. The summed E-state index contributed by atoms with van der Waals surface area (Å²) in [6, 6.07) is 1.26. The Morgan fingerprint density at radius 2 is 2.14 bits per heavy atom. The first-order valence-corrected chi connectivity index (χ1v) is 7.07. The lowest BCUT2D eigenvalue weighted by Crippen LogP contribution is -2.45. The van der Waals surface area contributed by atoms with Gasteiger partial charge in [-0.2, -0.15) is 0 Å². The van der Waals surface area contributed by atoms with Crippen LogP contribution in [-0.4, -0.2) is 59.5 Å². The van der Waals surface area contributed by atoms with Crippen LogP contribution in [0.15, 0.2) is 18.5 Å². The molecule has 1 unspecified atom stereocenters. The monoisotopic (exact) mass is 292 g/mol. The number of aromatic nitrogens is 2. The van der Waals surface area contributed by atoms with Crippen LogP contribution in [0.25, 0.3) is 0 Å². The van der Waals surface area contributed by atoms with Gasteiger partial charge in [-0.25, -0.2) is 14.8 Å². The quantitative estimate of drug-likeness (QED) is 0.734. The van der Waals surface area contributed by atoms with E-state index in [9.17, 15) is 9.59 Å². The fraction of sp³-hybridized carbons (Fsp3) is 0.571. The largest absolute Gasteiger partial charge is 0.464 e. The maximum atomic E-state index is 12.4. The molecule has 0 saturated carbocycles. The Kier molecular flexibility index (Phi) is 5.08. The van der Waals surface area contributed by atoms with Gasteiger partial charge in [0.1, 0.15) is 6.04 Å². The second-order valence-corrected chi connectivity index (χ2v) is 4.90. The Morgan fingerprint density at radius 1 is 1.43 bits per heavy atom. The van der Waals surface area contributed by atoms with Crippen molar-refractivity contribution in [1.82, 2.24) is 14.9 Å². The predicted molar refractivity (Wildman–Crippen MR) is 76.7 cm³/mol. The molecule has 1 aromatic heterocycles. The SMILES string of the molecule is CCOC(=O)C1CCCN1C(=O)CN(C)c1ncccn1. The Labute approximate surface area is 123 Å². The zero-order valence-corrected chi connectivity index (χ0v) is 12.4. The third-order valence-corrected chi connectivity index (χ3v) is 3.40. The molecular weight excluding hydrogens is 272 g/mol. The van der Waals surface area contributed by atoms with Crippen molar-refractivity contribution in [3.63, 3.8) is 0 Å². The molecule has 0 N–H and O–H groups in total. The van der Waals surface area contributed by atoms with Gasteiger partial charge in [-0.3, -0.25) is 4.79 Å². The van der Waals surface area contributed by atoms with Gasteiger partial charge in [0.2, 0.25) is 11.9 Å². The Balaban J connectivity index is 1.97. The van der Waals surface area contributed by atoms with E-state index in [-0.39, 0.29) is 18.4 Å². The van der Waals surface area contributed by atoms with Crippen molar-refractivity contribution in [3.05, 3.63) is 18.5 Å². The zero-order chi connectivity index (χ0) is 15.2. The Bertz CT molecular complexity index is 494. The number of esters is 1. The van der Waals surface area contributed by atoms with E-state index in [1.807, 2.05) is 0 Å². The summed E-state index contributed by atoms with van der Waals surface area (Å²) < 4.78 is 5.02.